The highest BCUT2D eigenvalue weighted by Crippen LogP contribution is 2.24. The molecule has 2 aromatic rings. The van der Waals surface area contributed by atoms with E-state index in [1.807, 2.05) is 43.3 Å². The molecule has 0 radical (unpaired) electrons. The zero-order valence-corrected chi connectivity index (χ0v) is 13.8. The summed E-state index contributed by atoms with van der Waals surface area (Å²) in [6, 6.07) is 15.0. The lowest BCUT2D eigenvalue weighted by atomic mass is 10.2. The van der Waals surface area contributed by atoms with Gasteiger partial charge in [0, 0.05) is 15.1 Å². The first-order chi connectivity index (χ1) is 10.1. The van der Waals surface area contributed by atoms with Gasteiger partial charge in [-0.25, -0.2) is 0 Å². The average molecular weight is 361 g/mol. The van der Waals surface area contributed by atoms with Gasteiger partial charge in [-0.2, -0.15) is 5.26 Å². The van der Waals surface area contributed by atoms with Gasteiger partial charge >= 0.3 is 0 Å². The van der Waals surface area contributed by atoms with E-state index in [-0.39, 0.29) is 5.91 Å². The van der Waals surface area contributed by atoms with Crippen molar-refractivity contribution in [2.75, 3.05) is 11.1 Å². The van der Waals surface area contributed by atoms with Crippen molar-refractivity contribution in [3.05, 3.63) is 58.1 Å². The zero-order chi connectivity index (χ0) is 15.2. The molecule has 0 aliphatic rings. The van der Waals surface area contributed by atoms with Crippen molar-refractivity contribution in [2.45, 2.75) is 11.8 Å². The first-order valence-corrected chi connectivity index (χ1v) is 8.06. The largest absolute Gasteiger partial charge is 0.322 e. The molecule has 0 aromatic heterocycles. The van der Waals surface area contributed by atoms with Crippen molar-refractivity contribution in [2.24, 2.45) is 0 Å². The summed E-state index contributed by atoms with van der Waals surface area (Å²) in [6.45, 7) is 1.97. The quantitative estimate of drug-likeness (QED) is 0.808. The Bertz CT molecular complexity index is 710. The number of carbonyl (C=O) groups is 1. The second-order valence-electron chi connectivity index (χ2n) is 4.36. The minimum Gasteiger partial charge on any atom is -0.322 e. The highest BCUT2D eigenvalue weighted by molar-refractivity contribution is 9.10. The van der Waals surface area contributed by atoms with Crippen LogP contribution in [-0.2, 0) is 0 Å². The summed E-state index contributed by atoms with van der Waals surface area (Å²) in [7, 11) is 0. The number of hydrogen-bond acceptors (Lipinski definition) is 3. The number of rotatable bonds is 4. The van der Waals surface area contributed by atoms with Crippen LogP contribution in [0.3, 0.4) is 0 Å². The number of thioether (sulfide) groups is 1. The third-order valence-corrected chi connectivity index (χ3v) is 4.67. The Kier molecular flexibility index (Phi) is 5.43. The molecule has 1 amide bonds. The lowest BCUT2D eigenvalue weighted by Crippen LogP contribution is -2.13. The van der Waals surface area contributed by atoms with Gasteiger partial charge in [-0.05, 0) is 42.8 Å². The summed E-state index contributed by atoms with van der Waals surface area (Å²) in [4.78, 5) is 13.2. The van der Waals surface area contributed by atoms with E-state index in [9.17, 15) is 4.79 Å². The van der Waals surface area contributed by atoms with Crippen LogP contribution in [0.15, 0.2) is 51.8 Å². The molecule has 0 aliphatic carbocycles. The van der Waals surface area contributed by atoms with Crippen LogP contribution in [0.1, 0.15) is 15.9 Å². The van der Waals surface area contributed by atoms with E-state index in [1.165, 1.54) is 11.8 Å². The summed E-state index contributed by atoms with van der Waals surface area (Å²) in [6.07, 6.45) is 0. The van der Waals surface area contributed by atoms with Crippen molar-refractivity contribution in [1.29, 1.82) is 5.26 Å². The molecule has 21 heavy (non-hydrogen) atoms. The van der Waals surface area contributed by atoms with E-state index in [0.29, 0.717) is 11.3 Å². The maximum Gasteiger partial charge on any atom is 0.256 e. The SMILES string of the molecule is Cc1cc(NC(=O)c2ccccc2SCC#N)ccc1Br. The highest BCUT2D eigenvalue weighted by atomic mass is 79.9. The molecule has 0 atom stereocenters. The van der Waals surface area contributed by atoms with Gasteiger partial charge in [0.05, 0.1) is 17.4 Å². The Labute approximate surface area is 136 Å². The molecule has 0 unspecified atom stereocenters. The Hall–Kier alpha value is -1.77. The minimum atomic E-state index is -0.169. The summed E-state index contributed by atoms with van der Waals surface area (Å²) in [5, 5.41) is 11.6. The lowest BCUT2D eigenvalue weighted by Gasteiger charge is -2.10. The minimum absolute atomic E-state index is 0.169. The number of benzene rings is 2. The van der Waals surface area contributed by atoms with Crippen LogP contribution in [-0.4, -0.2) is 11.7 Å². The van der Waals surface area contributed by atoms with Gasteiger partial charge in [-0.1, -0.05) is 28.1 Å². The van der Waals surface area contributed by atoms with Gasteiger partial charge in [-0.3, -0.25) is 4.79 Å². The summed E-state index contributed by atoms with van der Waals surface area (Å²) in [5.41, 5.74) is 2.39. The van der Waals surface area contributed by atoms with Crippen molar-refractivity contribution in [1.82, 2.24) is 0 Å². The second-order valence-corrected chi connectivity index (χ2v) is 6.23. The van der Waals surface area contributed by atoms with Gasteiger partial charge < -0.3 is 5.32 Å². The van der Waals surface area contributed by atoms with Crippen LogP contribution >= 0.6 is 27.7 Å². The van der Waals surface area contributed by atoms with Crippen molar-refractivity contribution in [3.63, 3.8) is 0 Å². The van der Waals surface area contributed by atoms with E-state index < -0.39 is 0 Å². The number of hydrogen-bond donors (Lipinski definition) is 1. The van der Waals surface area contributed by atoms with E-state index in [0.717, 1.165) is 20.6 Å². The Morgan fingerprint density at radius 1 is 1.33 bits per heavy atom. The molecule has 106 valence electrons. The van der Waals surface area contributed by atoms with E-state index in [1.54, 1.807) is 6.07 Å². The van der Waals surface area contributed by atoms with Crippen LogP contribution in [0, 0.1) is 18.3 Å². The first kappa shape index (κ1) is 15.6. The van der Waals surface area contributed by atoms with Crippen molar-refractivity contribution in [3.8, 4) is 6.07 Å². The number of anilines is 1. The highest BCUT2D eigenvalue weighted by Gasteiger charge is 2.11. The molecule has 0 spiro atoms. The summed E-state index contributed by atoms with van der Waals surface area (Å²) in [5.74, 6) is 0.152. The zero-order valence-electron chi connectivity index (χ0n) is 11.4. The molecular formula is C16H13BrN2OS. The molecule has 0 bridgehead atoms. The second kappa shape index (κ2) is 7.30. The van der Waals surface area contributed by atoms with Crippen molar-refractivity contribution >= 4 is 39.3 Å². The van der Waals surface area contributed by atoms with Gasteiger partial charge in [0.15, 0.2) is 0 Å². The molecule has 3 nitrogen and oxygen atoms in total. The lowest BCUT2D eigenvalue weighted by molar-refractivity contribution is 0.102. The van der Waals surface area contributed by atoms with Crippen LogP contribution < -0.4 is 5.32 Å². The molecular weight excluding hydrogens is 348 g/mol. The summed E-state index contributed by atoms with van der Waals surface area (Å²) < 4.78 is 1.01. The third kappa shape index (κ3) is 4.10. The van der Waals surface area contributed by atoms with Gasteiger partial charge in [0.2, 0.25) is 0 Å². The number of nitriles is 1. The van der Waals surface area contributed by atoms with Crippen LogP contribution in [0.4, 0.5) is 5.69 Å². The van der Waals surface area contributed by atoms with Gasteiger partial charge in [-0.15, -0.1) is 11.8 Å². The van der Waals surface area contributed by atoms with Gasteiger partial charge in [0.1, 0.15) is 0 Å². The Morgan fingerprint density at radius 2 is 2.10 bits per heavy atom. The predicted octanol–water partition coefficient (Wildman–Crippen LogP) is 4.63. The molecule has 0 fully saturated rings. The first-order valence-electron chi connectivity index (χ1n) is 6.28. The molecule has 0 saturated heterocycles. The van der Waals surface area contributed by atoms with Crippen molar-refractivity contribution < 1.29 is 4.79 Å². The molecule has 5 heteroatoms. The smallest absolute Gasteiger partial charge is 0.256 e. The molecule has 0 saturated carbocycles. The molecule has 1 N–H and O–H groups in total. The predicted molar refractivity (Wildman–Crippen MR) is 89.6 cm³/mol. The average Bonchev–Trinajstić information content (AvgIpc) is 2.49. The van der Waals surface area contributed by atoms with Crippen LogP contribution in [0.2, 0.25) is 0 Å². The van der Waals surface area contributed by atoms with E-state index >= 15 is 0 Å². The maximum atomic E-state index is 12.4. The normalized spacial score (nSPS) is 9.95. The molecule has 0 aliphatic heterocycles. The maximum absolute atomic E-state index is 12.4. The number of halogens is 1. The number of carbonyl (C=O) groups excluding carboxylic acids is 1. The van der Waals surface area contributed by atoms with Crippen LogP contribution in [0.25, 0.3) is 0 Å². The standard InChI is InChI=1S/C16H13BrN2OS/c1-11-10-12(6-7-14(11)17)19-16(20)13-4-2-3-5-15(13)21-9-8-18/h2-7,10H,9H2,1H3,(H,19,20). The van der Waals surface area contributed by atoms with E-state index in [4.69, 9.17) is 5.26 Å². The number of amides is 1. The fraction of sp³-hybridized carbons (Fsp3) is 0.125. The fourth-order valence-electron chi connectivity index (χ4n) is 1.81. The monoisotopic (exact) mass is 360 g/mol. The molecule has 2 aromatic carbocycles. The van der Waals surface area contributed by atoms with E-state index in [2.05, 4.69) is 27.3 Å². The van der Waals surface area contributed by atoms with Crippen LogP contribution in [0.5, 0.6) is 0 Å². The topological polar surface area (TPSA) is 52.9 Å². The Morgan fingerprint density at radius 3 is 2.81 bits per heavy atom. The third-order valence-electron chi connectivity index (χ3n) is 2.84. The number of aryl methyl sites for hydroxylation is 1. The summed E-state index contributed by atoms with van der Waals surface area (Å²) >= 11 is 4.80. The van der Waals surface area contributed by atoms with Gasteiger partial charge in [0.25, 0.3) is 5.91 Å². The molecule has 2 rings (SSSR count). The number of nitrogens with zero attached hydrogens (tertiary/aromatic N) is 1. The molecule has 0 heterocycles. The number of nitrogens with one attached hydrogen (secondary N) is 1. The fourth-order valence-corrected chi connectivity index (χ4v) is 2.77. The Balaban J connectivity index is 2.20.